The number of imide groups is 1. The molecule has 2 aliphatic rings. The smallest absolute Gasteiger partial charge is 0.261 e. The molecule has 0 saturated heterocycles. The van der Waals surface area contributed by atoms with E-state index in [-0.39, 0.29) is 30.7 Å². The highest BCUT2D eigenvalue weighted by Gasteiger charge is 2.35. The van der Waals surface area contributed by atoms with Gasteiger partial charge in [-0.25, -0.2) is 17.6 Å². The van der Waals surface area contributed by atoms with Crippen molar-refractivity contribution in [2.24, 2.45) is 0 Å². The van der Waals surface area contributed by atoms with E-state index in [1.165, 1.54) is 39.7 Å². The highest BCUT2D eigenvalue weighted by molar-refractivity contribution is 14.1. The summed E-state index contributed by atoms with van der Waals surface area (Å²) in [6.07, 6.45) is -0.588. The number of fused-ring (bicyclic) bond motifs is 2. The number of hydrogen-bond acceptors (Lipinski definition) is 3. The van der Waals surface area contributed by atoms with E-state index in [2.05, 4.69) is 146 Å². The summed E-state index contributed by atoms with van der Waals surface area (Å²) in [5.41, 5.74) is 9.63. The zero-order valence-electron chi connectivity index (χ0n) is 48.0. The predicted molar refractivity (Wildman–Crippen MR) is 342 cm³/mol. The second-order valence-corrected chi connectivity index (χ2v) is 22.6. The third kappa shape index (κ3) is 20.6. The molecule has 8 aromatic carbocycles. The maximum absolute atomic E-state index is 14.1. The van der Waals surface area contributed by atoms with Gasteiger partial charge in [0, 0.05) is 52.1 Å². The van der Waals surface area contributed by atoms with Crippen molar-refractivity contribution in [2.45, 2.75) is 117 Å². The highest BCUT2D eigenvalue weighted by atomic mass is 127. The molecule has 430 valence electrons. The lowest BCUT2D eigenvalue weighted by atomic mass is 9.99. The summed E-state index contributed by atoms with van der Waals surface area (Å²) in [4.78, 5) is 38.3. The minimum absolute atomic E-state index is 0.0237. The molecule has 4 atom stereocenters. The van der Waals surface area contributed by atoms with Gasteiger partial charge < -0.3 is 4.90 Å². The van der Waals surface area contributed by atoms with Crippen molar-refractivity contribution in [1.29, 1.82) is 0 Å². The van der Waals surface area contributed by atoms with Gasteiger partial charge >= 0.3 is 0 Å². The summed E-state index contributed by atoms with van der Waals surface area (Å²) in [6, 6.07) is 67.3. The van der Waals surface area contributed by atoms with Gasteiger partial charge in [-0.1, -0.05) is 239 Å². The Balaban J connectivity index is 0.000000184. The van der Waals surface area contributed by atoms with Crippen LogP contribution in [0.2, 0.25) is 0 Å². The Morgan fingerprint density at radius 3 is 1.48 bits per heavy atom. The fraction of sp³-hybridized carbons (Fsp3) is 0.282. The molecule has 5 nitrogen and oxygen atoms in total. The van der Waals surface area contributed by atoms with Gasteiger partial charge in [0.2, 0.25) is 5.91 Å². The Morgan fingerprint density at radius 2 is 1.00 bits per heavy atom. The summed E-state index contributed by atoms with van der Waals surface area (Å²) < 4.78 is 55.7. The fourth-order valence-electron chi connectivity index (χ4n) is 8.91. The number of anilines is 1. The molecule has 0 aliphatic carbocycles. The number of carbonyl (C=O) groups excluding carboxylic acids is 3. The molecule has 3 amide bonds. The Bertz CT molecular complexity index is 3130. The number of nitrogens with zero attached hydrogens (tertiary/aromatic N) is 2. The zero-order valence-corrected chi connectivity index (χ0v) is 51.8. The highest BCUT2D eigenvalue weighted by Crippen LogP contribution is 2.36. The first-order valence-electron chi connectivity index (χ1n) is 28.0. The average molecular weight is 1290 g/mol. The van der Waals surface area contributed by atoms with E-state index in [9.17, 15) is 31.9 Å². The maximum Gasteiger partial charge on any atom is 0.261 e. The van der Waals surface area contributed by atoms with Gasteiger partial charge in [0.25, 0.3) is 11.8 Å². The number of rotatable bonds is 12. The van der Waals surface area contributed by atoms with E-state index < -0.39 is 24.7 Å². The Labute approximate surface area is 506 Å². The number of benzene rings is 8. The van der Waals surface area contributed by atoms with Gasteiger partial charge in [0.05, 0.1) is 11.1 Å². The molecule has 10 rings (SSSR count). The van der Waals surface area contributed by atoms with Crippen LogP contribution in [0.4, 0.5) is 23.2 Å². The third-order valence-corrected chi connectivity index (χ3v) is 15.2. The second-order valence-electron chi connectivity index (χ2n) is 20.5. The number of hydrogen-bond donors (Lipinski definition) is 0. The van der Waals surface area contributed by atoms with Crippen molar-refractivity contribution < 1.29 is 31.9 Å². The quantitative estimate of drug-likeness (QED) is 0.0696. The van der Waals surface area contributed by atoms with Crippen LogP contribution in [0.15, 0.2) is 217 Å². The first-order chi connectivity index (χ1) is 39.4. The third-order valence-electron chi connectivity index (χ3n) is 13.7. The van der Waals surface area contributed by atoms with Gasteiger partial charge in [0.1, 0.15) is 24.7 Å². The Morgan fingerprint density at radius 1 is 0.561 bits per heavy atom. The molecule has 4 unspecified atom stereocenters. The molecule has 8 aromatic rings. The molecular weight excluding hydrogens is 1210 g/mol. The van der Waals surface area contributed by atoms with Crippen LogP contribution < -0.4 is 4.90 Å². The fourth-order valence-corrected chi connectivity index (χ4v) is 9.86. The molecule has 82 heavy (non-hydrogen) atoms. The summed E-state index contributed by atoms with van der Waals surface area (Å²) in [7, 11) is 0. The number of alkyl halides is 4. The van der Waals surface area contributed by atoms with Gasteiger partial charge in [-0.15, -0.1) is 0 Å². The molecule has 0 radical (unpaired) electrons. The van der Waals surface area contributed by atoms with Crippen molar-refractivity contribution in [3.05, 3.63) is 265 Å². The topological polar surface area (TPSA) is 57.7 Å². The van der Waals surface area contributed by atoms with E-state index in [0.29, 0.717) is 59.0 Å². The van der Waals surface area contributed by atoms with E-state index >= 15 is 0 Å². The summed E-state index contributed by atoms with van der Waals surface area (Å²) >= 11 is 5.58. The molecular formula is C71H76BrF4IN2O3. The lowest BCUT2D eigenvalue weighted by Gasteiger charge is -2.30. The molecule has 2 heterocycles. The summed E-state index contributed by atoms with van der Waals surface area (Å²) in [5.74, 6) is 0.558. The van der Waals surface area contributed by atoms with Crippen LogP contribution in [0.25, 0.3) is 11.1 Å². The van der Waals surface area contributed by atoms with Crippen LogP contribution in [-0.4, -0.2) is 35.7 Å². The monoisotopic (exact) mass is 1290 g/mol. The normalized spacial score (nSPS) is 14.1. The van der Waals surface area contributed by atoms with Crippen LogP contribution in [0, 0.1) is 3.57 Å². The standard InChI is InChI=1S/C17H14FNO2.C15H16.C11H12FNO.C11H15F.C9H11I.C8H8BrF/c18-15(12-6-2-1-3-7-12)10-11-19-16(20)13-8-4-5-9-14(13)17(19)21;1-12(2)13-8-10-15(11-9-13)14-6-4-3-5-7-14;1-8(14)13-7-6-10(12)9-4-2-3-5-11(9)13;1-2-3-9-11(12)10-7-5-4-6-8-10;1-7(2)8-3-5-9(10)6-4-8;1-6(10)7-4-2-3-5-8(7)9/h1-9,15H,10-11H2;3-12H,1-2H3;2-5,10H,6-7H2,1H3;4-8,11H,2-3,9H2,1H3;3-7H,1-2H3;2-6H,1H3. The van der Waals surface area contributed by atoms with Crippen LogP contribution in [-0.2, 0) is 4.79 Å². The predicted octanol–water partition coefficient (Wildman–Crippen LogP) is 21.1. The molecule has 0 fully saturated rings. The summed E-state index contributed by atoms with van der Waals surface area (Å²) in [5, 5.41) is 0. The molecule has 2 aliphatic heterocycles. The lowest BCUT2D eigenvalue weighted by molar-refractivity contribution is -0.116. The minimum atomic E-state index is -1.18. The maximum atomic E-state index is 14.1. The molecule has 11 heteroatoms. The van der Waals surface area contributed by atoms with E-state index in [4.69, 9.17) is 0 Å². The van der Waals surface area contributed by atoms with Gasteiger partial charge in [-0.3, -0.25) is 19.3 Å². The van der Waals surface area contributed by atoms with Crippen LogP contribution >= 0.6 is 38.5 Å². The van der Waals surface area contributed by atoms with Crippen molar-refractivity contribution in [2.75, 3.05) is 18.0 Å². The van der Waals surface area contributed by atoms with Crippen LogP contribution in [0.1, 0.15) is 171 Å². The largest absolute Gasteiger partial charge is 0.312 e. The first kappa shape index (κ1) is 66.1. The SMILES string of the molecule is CC(=O)N1CCC(F)c2ccccc21.CC(C)c1ccc(-c2ccccc2)cc1.CC(C)c1ccc(I)cc1.CC(F)c1ccccc1Br.CCCCC(F)c1ccccc1.O=C1c2ccccc2C(=O)N1CCC(F)c1ccccc1. The van der Waals surface area contributed by atoms with E-state index in [0.717, 1.165) is 33.5 Å². The molecule has 0 aromatic heterocycles. The lowest BCUT2D eigenvalue weighted by Crippen LogP contribution is -2.34. The first-order valence-corrected chi connectivity index (χ1v) is 29.9. The van der Waals surface area contributed by atoms with Gasteiger partial charge in [-0.05, 0) is 123 Å². The van der Waals surface area contributed by atoms with Crippen LogP contribution in [0.5, 0.6) is 0 Å². The molecule has 0 saturated carbocycles. The van der Waals surface area contributed by atoms with Crippen molar-refractivity contribution in [3.63, 3.8) is 0 Å². The second kappa shape index (κ2) is 34.7. The van der Waals surface area contributed by atoms with E-state index in [1.807, 2.05) is 66.7 Å². The van der Waals surface area contributed by atoms with Gasteiger partial charge in [-0.2, -0.15) is 0 Å². The Hall–Kier alpha value is -6.70. The average Bonchev–Trinajstić information content (AvgIpc) is 3.96. The minimum Gasteiger partial charge on any atom is -0.312 e. The molecule has 0 spiro atoms. The Kier molecular flexibility index (Phi) is 28.0. The zero-order chi connectivity index (χ0) is 59.6. The number of unbranched alkanes of at least 4 members (excludes halogenated alkanes) is 1. The number of carbonyl (C=O) groups is 3. The number of amides is 3. The van der Waals surface area contributed by atoms with Crippen LogP contribution in [0.3, 0.4) is 0 Å². The van der Waals surface area contributed by atoms with Gasteiger partial charge in [0.15, 0.2) is 0 Å². The molecule has 0 N–H and O–H groups in total. The van der Waals surface area contributed by atoms with Crippen molar-refractivity contribution in [3.8, 4) is 11.1 Å². The van der Waals surface area contributed by atoms with Crippen molar-refractivity contribution >= 4 is 61.9 Å². The molecule has 0 bridgehead atoms. The van der Waals surface area contributed by atoms with E-state index in [1.54, 1.807) is 77.7 Å². The number of para-hydroxylation sites is 1. The number of halogens is 6. The summed E-state index contributed by atoms with van der Waals surface area (Å²) in [6.45, 7) is 14.5. The van der Waals surface area contributed by atoms with Crippen molar-refractivity contribution in [1.82, 2.24) is 4.90 Å².